The molecule has 8 nitrogen and oxygen atoms in total. The molecule has 2 N–H and O–H groups in total. The second-order valence-corrected chi connectivity index (χ2v) is 9.93. The van der Waals surface area contributed by atoms with Gasteiger partial charge in [-0.2, -0.15) is 10.5 Å². The van der Waals surface area contributed by atoms with Crippen molar-refractivity contribution in [2.45, 2.75) is 42.9 Å². The van der Waals surface area contributed by atoms with E-state index < -0.39 is 0 Å². The van der Waals surface area contributed by atoms with Gasteiger partial charge >= 0.3 is 0 Å². The van der Waals surface area contributed by atoms with E-state index in [0.29, 0.717) is 39.8 Å². The van der Waals surface area contributed by atoms with Gasteiger partial charge in [-0.25, -0.2) is 4.98 Å². The van der Waals surface area contributed by atoms with Crippen molar-refractivity contribution in [3.05, 3.63) is 52.0 Å². The van der Waals surface area contributed by atoms with Crippen molar-refractivity contribution in [2.24, 2.45) is 5.73 Å². The lowest BCUT2D eigenvalue weighted by Gasteiger charge is -2.26. The number of hydrogen-bond acceptors (Lipinski definition) is 9. The molecule has 2 fully saturated rings. The lowest BCUT2D eigenvalue weighted by molar-refractivity contribution is 0.360. The first-order chi connectivity index (χ1) is 17.0. The Balaban J connectivity index is 1.85. The van der Waals surface area contributed by atoms with E-state index in [0.717, 1.165) is 56.7 Å². The Kier molecular flexibility index (Phi) is 7.80. The normalized spacial score (nSPS) is 16.7. The molecular weight excluding hydrogens is 458 g/mol. The number of rotatable bonds is 7. The molecular formula is C26H31N7OS. The van der Waals surface area contributed by atoms with E-state index in [1.165, 1.54) is 17.3 Å². The van der Waals surface area contributed by atoms with Gasteiger partial charge in [0.25, 0.3) is 0 Å². The molecule has 182 valence electrons. The maximum Gasteiger partial charge on any atom is 0.148 e. The van der Waals surface area contributed by atoms with E-state index in [2.05, 4.69) is 34.0 Å². The molecule has 1 saturated heterocycles. The Bertz CT molecular complexity index is 1210. The number of aromatic nitrogens is 2. The molecule has 2 aromatic heterocycles. The van der Waals surface area contributed by atoms with Crippen LogP contribution >= 0.6 is 11.8 Å². The topological polar surface area (TPSA) is 115 Å². The number of methoxy groups -OCH3 is 1. The lowest BCUT2D eigenvalue weighted by Crippen LogP contribution is -2.30. The fourth-order valence-corrected chi connectivity index (χ4v) is 5.67. The van der Waals surface area contributed by atoms with Crippen LogP contribution in [0.4, 0.5) is 5.82 Å². The van der Waals surface area contributed by atoms with Crippen LogP contribution in [-0.2, 0) is 6.42 Å². The van der Waals surface area contributed by atoms with E-state index in [9.17, 15) is 10.5 Å². The standard InChI is InChI=1S/C26H31N7OS/c1-4-18-19(15-27)25(33-12-6-11-32(2)13-14-33)31-26(20(18)16-28)35-24(22(29)17-8-9-17)23-21(34-3)7-5-10-30-23/h5,7,10,24H,4,6,8-9,11-14,29H2,1-3H3. The van der Waals surface area contributed by atoms with E-state index in [4.69, 9.17) is 15.5 Å². The molecule has 2 aromatic rings. The van der Waals surface area contributed by atoms with E-state index >= 15 is 0 Å². The summed E-state index contributed by atoms with van der Waals surface area (Å²) in [4.78, 5) is 14.1. The average Bonchev–Trinajstić information content (AvgIpc) is 3.74. The highest BCUT2D eigenvalue weighted by Crippen LogP contribution is 2.47. The van der Waals surface area contributed by atoms with Gasteiger partial charge in [0.1, 0.15) is 34.4 Å². The number of hydrogen-bond donors (Lipinski definition) is 1. The van der Waals surface area contributed by atoms with E-state index in [-0.39, 0.29) is 5.25 Å². The van der Waals surface area contributed by atoms with Gasteiger partial charge in [-0.05, 0) is 62.5 Å². The predicted octanol–water partition coefficient (Wildman–Crippen LogP) is 3.77. The van der Waals surface area contributed by atoms with Gasteiger partial charge in [0.05, 0.1) is 23.5 Å². The summed E-state index contributed by atoms with van der Waals surface area (Å²) in [5.74, 6) is 1.30. The molecule has 1 atom stereocenters. The predicted molar refractivity (Wildman–Crippen MR) is 137 cm³/mol. The lowest BCUT2D eigenvalue weighted by atomic mass is 10.0. The molecule has 1 saturated carbocycles. The highest BCUT2D eigenvalue weighted by molar-refractivity contribution is 7.99. The van der Waals surface area contributed by atoms with Crippen LogP contribution in [0.3, 0.4) is 0 Å². The first-order valence-corrected chi connectivity index (χ1v) is 12.8. The van der Waals surface area contributed by atoms with Crippen LogP contribution in [0.1, 0.15) is 53.8 Å². The van der Waals surface area contributed by atoms with Crippen LogP contribution in [-0.4, -0.2) is 55.2 Å². The molecule has 4 rings (SSSR count). The number of nitrogens with two attached hydrogens (primary N) is 1. The number of pyridine rings is 2. The summed E-state index contributed by atoms with van der Waals surface area (Å²) in [5.41, 5.74) is 11.0. The third-order valence-electron chi connectivity index (χ3n) is 6.53. The molecule has 0 spiro atoms. The van der Waals surface area contributed by atoms with Gasteiger partial charge in [0.2, 0.25) is 0 Å². The second-order valence-electron chi connectivity index (χ2n) is 8.84. The molecule has 0 amide bonds. The largest absolute Gasteiger partial charge is 0.495 e. The number of allylic oxidation sites excluding steroid dienone is 1. The number of thioether (sulfide) groups is 1. The number of nitriles is 2. The second kappa shape index (κ2) is 11.0. The molecule has 1 unspecified atom stereocenters. The van der Waals surface area contributed by atoms with Crippen molar-refractivity contribution in [1.82, 2.24) is 14.9 Å². The van der Waals surface area contributed by atoms with Gasteiger partial charge in [0, 0.05) is 31.5 Å². The molecule has 1 aliphatic carbocycles. The Morgan fingerprint density at radius 2 is 1.97 bits per heavy atom. The zero-order valence-corrected chi connectivity index (χ0v) is 21.4. The minimum absolute atomic E-state index is 0.344. The zero-order valence-electron chi connectivity index (χ0n) is 20.5. The molecule has 35 heavy (non-hydrogen) atoms. The highest BCUT2D eigenvalue weighted by Gasteiger charge is 2.31. The minimum Gasteiger partial charge on any atom is -0.495 e. The third-order valence-corrected chi connectivity index (χ3v) is 7.76. The Labute approximate surface area is 211 Å². The van der Waals surface area contributed by atoms with Gasteiger partial charge in [-0.3, -0.25) is 4.98 Å². The van der Waals surface area contributed by atoms with Gasteiger partial charge in [-0.1, -0.05) is 18.7 Å². The van der Waals surface area contributed by atoms with Crippen molar-refractivity contribution < 1.29 is 4.74 Å². The summed E-state index contributed by atoms with van der Waals surface area (Å²) in [6.07, 6.45) is 5.22. The molecule has 2 aliphatic rings. The summed E-state index contributed by atoms with van der Waals surface area (Å²) >= 11 is 1.43. The van der Waals surface area contributed by atoms with Crippen LogP contribution in [0.2, 0.25) is 0 Å². The van der Waals surface area contributed by atoms with Crippen molar-refractivity contribution in [1.29, 1.82) is 10.5 Å². The monoisotopic (exact) mass is 489 g/mol. The Morgan fingerprint density at radius 1 is 1.20 bits per heavy atom. The smallest absolute Gasteiger partial charge is 0.148 e. The van der Waals surface area contributed by atoms with Crippen molar-refractivity contribution in [3.8, 4) is 17.9 Å². The van der Waals surface area contributed by atoms with Gasteiger partial charge in [-0.15, -0.1) is 0 Å². The fraction of sp³-hybridized carbons (Fsp3) is 0.462. The SMILES string of the molecule is CCc1c(C#N)c(SC(C(N)=C2CC2)c2ncccc2OC)nc(N2CCCN(C)CC2)c1C#N. The number of ether oxygens (including phenoxy) is 1. The quantitative estimate of drug-likeness (QED) is 0.580. The molecule has 0 radical (unpaired) electrons. The fourth-order valence-electron chi connectivity index (χ4n) is 4.44. The van der Waals surface area contributed by atoms with Crippen molar-refractivity contribution >= 4 is 17.6 Å². The molecule has 1 aliphatic heterocycles. The zero-order chi connectivity index (χ0) is 24.9. The summed E-state index contributed by atoms with van der Waals surface area (Å²) in [6.45, 7) is 5.47. The minimum atomic E-state index is -0.344. The first kappa shape index (κ1) is 24.8. The van der Waals surface area contributed by atoms with E-state index in [1.54, 1.807) is 13.3 Å². The number of nitrogens with zero attached hydrogens (tertiary/aromatic N) is 6. The molecule has 0 bridgehead atoms. The van der Waals surface area contributed by atoms with Crippen LogP contribution in [0, 0.1) is 22.7 Å². The summed E-state index contributed by atoms with van der Waals surface area (Å²) < 4.78 is 5.60. The molecule has 0 aromatic carbocycles. The van der Waals surface area contributed by atoms with Crippen LogP contribution in [0.25, 0.3) is 0 Å². The third kappa shape index (κ3) is 5.22. The summed E-state index contributed by atoms with van der Waals surface area (Å²) in [7, 11) is 3.73. The van der Waals surface area contributed by atoms with Crippen LogP contribution in [0.15, 0.2) is 34.6 Å². The summed E-state index contributed by atoms with van der Waals surface area (Å²) in [6, 6.07) is 8.39. The first-order valence-electron chi connectivity index (χ1n) is 12.0. The van der Waals surface area contributed by atoms with E-state index in [1.807, 2.05) is 19.1 Å². The van der Waals surface area contributed by atoms with Crippen LogP contribution < -0.4 is 15.4 Å². The highest BCUT2D eigenvalue weighted by atomic mass is 32.2. The van der Waals surface area contributed by atoms with Crippen LogP contribution in [0.5, 0.6) is 5.75 Å². The number of anilines is 1. The average molecular weight is 490 g/mol. The Hall–Kier alpha value is -3.27. The molecule has 3 heterocycles. The molecule has 9 heteroatoms. The maximum atomic E-state index is 10.2. The maximum absolute atomic E-state index is 10.2. The van der Waals surface area contributed by atoms with Crippen molar-refractivity contribution in [2.75, 3.05) is 45.2 Å². The van der Waals surface area contributed by atoms with Gasteiger partial charge < -0.3 is 20.3 Å². The van der Waals surface area contributed by atoms with Crippen molar-refractivity contribution in [3.63, 3.8) is 0 Å². The summed E-state index contributed by atoms with van der Waals surface area (Å²) in [5, 5.41) is 20.5. The van der Waals surface area contributed by atoms with Gasteiger partial charge in [0.15, 0.2) is 0 Å². The number of likely N-dealkylation sites (N-methyl/N-ethyl adjacent to an activating group) is 1. The Morgan fingerprint density at radius 3 is 2.63 bits per heavy atom.